The molecule has 0 radical (unpaired) electrons. The van der Waals surface area contributed by atoms with Gasteiger partial charge in [0.25, 0.3) is 0 Å². The number of hydrogen-bond donors (Lipinski definition) is 1. The summed E-state index contributed by atoms with van der Waals surface area (Å²) in [5, 5.41) is 3.27. The van der Waals surface area contributed by atoms with Crippen LogP contribution in [0, 0.1) is 0 Å². The van der Waals surface area contributed by atoms with Crippen molar-refractivity contribution in [2.75, 3.05) is 13.2 Å². The molecule has 1 N–H and O–H groups in total. The lowest BCUT2D eigenvalue weighted by Crippen LogP contribution is -2.16. The number of imidazole rings is 1. The Kier molecular flexibility index (Phi) is 3.33. The molecule has 3 heterocycles. The monoisotopic (exact) mass is 260 g/mol. The fourth-order valence-corrected chi connectivity index (χ4v) is 1.91. The van der Waals surface area contributed by atoms with Crippen molar-refractivity contribution in [3.05, 3.63) is 35.9 Å². The van der Waals surface area contributed by atoms with Crippen LogP contribution in [0.5, 0.6) is 11.8 Å². The molecule has 0 bridgehead atoms. The molecular formula is C13H16N4O2. The van der Waals surface area contributed by atoms with Crippen molar-refractivity contribution in [3.63, 3.8) is 0 Å². The van der Waals surface area contributed by atoms with Crippen LogP contribution in [0.3, 0.4) is 0 Å². The second-order valence-corrected chi connectivity index (χ2v) is 4.38. The molecule has 0 unspecified atom stereocenters. The zero-order chi connectivity index (χ0) is 13.1. The number of nitrogens with one attached hydrogen (secondary N) is 1. The Morgan fingerprint density at radius 3 is 3.26 bits per heavy atom. The van der Waals surface area contributed by atoms with E-state index < -0.39 is 0 Å². The van der Waals surface area contributed by atoms with Gasteiger partial charge in [0, 0.05) is 44.2 Å². The molecule has 1 aliphatic heterocycles. The molecule has 2 aromatic rings. The molecule has 2 aromatic heterocycles. The van der Waals surface area contributed by atoms with Crippen LogP contribution in [0.15, 0.2) is 24.5 Å². The molecule has 0 saturated carbocycles. The number of nitrogens with zero attached hydrogens (tertiary/aromatic N) is 3. The second-order valence-electron chi connectivity index (χ2n) is 4.38. The number of aromatic nitrogens is 3. The van der Waals surface area contributed by atoms with Gasteiger partial charge in [0.2, 0.25) is 11.8 Å². The number of fused-ring (bicyclic) bond motifs is 1. The van der Waals surface area contributed by atoms with Crippen molar-refractivity contribution in [1.29, 1.82) is 0 Å². The molecular weight excluding hydrogens is 244 g/mol. The lowest BCUT2D eigenvalue weighted by molar-refractivity contribution is 0.267. The van der Waals surface area contributed by atoms with Gasteiger partial charge in [-0.3, -0.25) is 0 Å². The summed E-state index contributed by atoms with van der Waals surface area (Å²) in [6.45, 7) is 2.64. The third-order valence-corrected chi connectivity index (χ3v) is 3.02. The van der Waals surface area contributed by atoms with Crippen LogP contribution < -0.4 is 14.8 Å². The van der Waals surface area contributed by atoms with E-state index in [2.05, 4.69) is 15.3 Å². The summed E-state index contributed by atoms with van der Waals surface area (Å²) in [4.78, 5) is 8.58. The molecule has 0 aliphatic carbocycles. The molecule has 1 aliphatic rings. The van der Waals surface area contributed by atoms with Crippen molar-refractivity contribution < 1.29 is 9.47 Å². The van der Waals surface area contributed by atoms with Crippen LogP contribution in [0.1, 0.15) is 11.4 Å². The van der Waals surface area contributed by atoms with Gasteiger partial charge in [0.05, 0.1) is 0 Å². The van der Waals surface area contributed by atoms with Crippen molar-refractivity contribution in [1.82, 2.24) is 19.9 Å². The molecule has 0 aromatic carbocycles. The Morgan fingerprint density at radius 2 is 2.42 bits per heavy atom. The smallest absolute Gasteiger partial charge is 0.221 e. The third kappa shape index (κ3) is 2.68. The van der Waals surface area contributed by atoms with Crippen LogP contribution in [0.2, 0.25) is 0 Å². The topological polar surface area (TPSA) is 61.2 Å². The van der Waals surface area contributed by atoms with E-state index >= 15 is 0 Å². The SMILES string of the molecule is Cn1ccnc1COc1ccc2c(n1)OCCNC2. The van der Waals surface area contributed by atoms with E-state index in [0.717, 1.165) is 24.5 Å². The Morgan fingerprint density at radius 1 is 1.47 bits per heavy atom. The maximum Gasteiger partial charge on any atom is 0.221 e. The highest BCUT2D eigenvalue weighted by molar-refractivity contribution is 5.31. The van der Waals surface area contributed by atoms with Crippen molar-refractivity contribution in [2.24, 2.45) is 7.05 Å². The van der Waals surface area contributed by atoms with Gasteiger partial charge in [-0.2, -0.15) is 4.98 Å². The summed E-state index contributed by atoms with van der Waals surface area (Å²) >= 11 is 0. The minimum atomic E-state index is 0.396. The van der Waals surface area contributed by atoms with Gasteiger partial charge in [-0.05, 0) is 6.07 Å². The lowest BCUT2D eigenvalue weighted by atomic mass is 10.2. The predicted octanol–water partition coefficient (Wildman–Crippen LogP) is 0.876. The molecule has 0 atom stereocenters. The summed E-state index contributed by atoms with van der Waals surface area (Å²) in [6, 6.07) is 3.84. The molecule has 3 rings (SSSR count). The molecule has 19 heavy (non-hydrogen) atoms. The summed E-state index contributed by atoms with van der Waals surface area (Å²) in [7, 11) is 1.94. The quantitative estimate of drug-likeness (QED) is 0.887. The first kappa shape index (κ1) is 12.0. The van der Waals surface area contributed by atoms with E-state index in [1.807, 2.05) is 29.9 Å². The highest BCUT2D eigenvalue weighted by Crippen LogP contribution is 2.21. The van der Waals surface area contributed by atoms with Crippen molar-refractivity contribution in [2.45, 2.75) is 13.2 Å². The van der Waals surface area contributed by atoms with E-state index in [1.54, 1.807) is 6.20 Å². The normalized spacial score (nSPS) is 14.4. The molecule has 0 amide bonds. The van der Waals surface area contributed by atoms with E-state index in [-0.39, 0.29) is 0 Å². The first-order valence-corrected chi connectivity index (χ1v) is 6.25. The van der Waals surface area contributed by atoms with Crippen LogP contribution in [0.4, 0.5) is 0 Å². The third-order valence-electron chi connectivity index (χ3n) is 3.02. The average Bonchev–Trinajstić information content (AvgIpc) is 2.70. The standard InChI is InChI=1S/C13H16N4O2/c1-17-6-4-15-11(17)9-19-12-3-2-10-8-14-5-7-18-13(10)16-12/h2-4,6,14H,5,7-9H2,1H3. The van der Waals surface area contributed by atoms with E-state index in [9.17, 15) is 0 Å². The summed E-state index contributed by atoms with van der Waals surface area (Å²) in [5.41, 5.74) is 1.06. The van der Waals surface area contributed by atoms with E-state index in [1.165, 1.54) is 0 Å². The minimum absolute atomic E-state index is 0.396. The lowest BCUT2D eigenvalue weighted by Gasteiger charge is -2.09. The van der Waals surface area contributed by atoms with Crippen LogP contribution in [-0.4, -0.2) is 27.7 Å². The second kappa shape index (κ2) is 5.27. The summed E-state index contributed by atoms with van der Waals surface area (Å²) in [6.07, 6.45) is 3.63. The van der Waals surface area contributed by atoms with Gasteiger partial charge in [-0.15, -0.1) is 0 Å². The Bertz CT molecular complexity index is 568. The van der Waals surface area contributed by atoms with Gasteiger partial charge < -0.3 is 19.4 Å². The number of hydrogen-bond acceptors (Lipinski definition) is 5. The fraction of sp³-hybridized carbons (Fsp3) is 0.385. The predicted molar refractivity (Wildman–Crippen MR) is 69.0 cm³/mol. The molecule has 100 valence electrons. The van der Waals surface area contributed by atoms with Gasteiger partial charge in [0.1, 0.15) is 19.0 Å². The molecule has 6 heteroatoms. The summed E-state index contributed by atoms with van der Waals surface area (Å²) in [5.74, 6) is 2.07. The molecule has 0 spiro atoms. The zero-order valence-electron chi connectivity index (χ0n) is 10.8. The number of ether oxygens (including phenoxy) is 2. The Labute approximate surface area is 111 Å². The van der Waals surface area contributed by atoms with Gasteiger partial charge >= 0.3 is 0 Å². The number of rotatable bonds is 3. The fourth-order valence-electron chi connectivity index (χ4n) is 1.91. The average molecular weight is 260 g/mol. The van der Waals surface area contributed by atoms with Crippen molar-refractivity contribution >= 4 is 0 Å². The van der Waals surface area contributed by atoms with E-state index in [0.29, 0.717) is 25.0 Å². The highest BCUT2D eigenvalue weighted by atomic mass is 16.5. The first-order chi connectivity index (χ1) is 9.33. The maximum absolute atomic E-state index is 5.64. The van der Waals surface area contributed by atoms with Crippen LogP contribution in [-0.2, 0) is 20.2 Å². The largest absolute Gasteiger partial charge is 0.476 e. The molecule has 0 fully saturated rings. The van der Waals surface area contributed by atoms with E-state index in [4.69, 9.17) is 9.47 Å². The van der Waals surface area contributed by atoms with Crippen molar-refractivity contribution in [3.8, 4) is 11.8 Å². The highest BCUT2D eigenvalue weighted by Gasteiger charge is 2.11. The Balaban J connectivity index is 1.72. The van der Waals surface area contributed by atoms with Crippen LogP contribution >= 0.6 is 0 Å². The molecule has 6 nitrogen and oxygen atoms in total. The summed E-state index contributed by atoms with van der Waals surface area (Å²) < 4.78 is 13.1. The molecule has 0 saturated heterocycles. The zero-order valence-corrected chi connectivity index (χ0v) is 10.8. The maximum atomic E-state index is 5.64. The van der Waals surface area contributed by atoms with Gasteiger partial charge in [0.15, 0.2) is 0 Å². The van der Waals surface area contributed by atoms with Gasteiger partial charge in [-0.1, -0.05) is 0 Å². The number of aryl methyl sites for hydroxylation is 1. The van der Waals surface area contributed by atoms with Gasteiger partial charge in [-0.25, -0.2) is 4.98 Å². The van der Waals surface area contributed by atoms with Crippen LogP contribution in [0.25, 0.3) is 0 Å². The first-order valence-electron chi connectivity index (χ1n) is 6.25. The Hall–Kier alpha value is -2.08. The number of pyridine rings is 1. The minimum Gasteiger partial charge on any atom is -0.476 e.